The van der Waals surface area contributed by atoms with E-state index in [4.69, 9.17) is 5.11 Å². The molecule has 316 valence electrons. The molecule has 18 heteroatoms. The average Bonchev–Trinajstić information content (AvgIpc) is 4.03. The third-order valence-electron chi connectivity index (χ3n) is 11.5. The molecular weight excluding hydrogens is 793 g/mol. The number of alkyl halides is 6. The predicted octanol–water partition coefficient (Wildman–Crippen LogP) is 8.70. The van der Waals surface area contributed by atoms with Gasteiger partial charge >= 0.3 is 18.3 Å². The molecule has 10 rings (SSSR count). The molecule has 4 atom stereocenters. The van der Waals surface area contributed by atoms with Crippen molar-refractivity contribution in [1.29, 1.82) is 0 Å². The molecule has 4 fully saturated rings. The maximum atomic E-state index is 13.0. The first-order valence-electron chi connectivity index (χ1n) is 19.2. The van der Waals surface area contributed by atoms with Gasteiger partial charge in [0.25, 0.3) is 5.91 Å². The van der Waals surface area contributed by atoms with Crippen LogP contribution in [0.3, 0.4) is 0 Å². The van der Waals surface area contributed by atoms with Crippen LogP contribution >= 0.6 is 0 Å². The van der Waals surface area contributed by atoms with Crippen molar-refractivity contribution >= 4 is 45.6 Å². The Morgan fingerprint density at radius 3 is 1.47 bits per heavy atom. The standard InChI is InChI=1S/C20H18F3N5O.C13H16N4.C8H5F3O2.CH4/c21-20(22,23)13-3-1-12(2-4-13)19(29)28-14-5-6-15(28)10-27(9-14)18-16-7-8-24-17(16)25-11-26-18;1-2-10-5-9(1)6-17(7-10)13-11-3-4-14-12(11)15-8-16-13;9-8(10,11)6-3-1-5(2-4-6)7(12)13;/h1-4,7-8,11,14-15H,5-6,9-10H2,(H,24,25,26);3-4,8-10H,1-2,5-7H2,(H,14,15,16);1-4H,(H,12,13);1H4. The van der Waals surface area contributed by atoms with E-state index in [0.717, 1.165) is 94.8 Å². The molecule has 3 aliphatic heterocycles. The van der Waals surface area contributed by atoms with E-state index in [1.54, 1.807) is 6.33 Å². The summed E-state index contributed by atoms with van der Waals surface area (Å²) in [6.07, 6.45) is 4.11. The van der Waals surface area contributed by atoms with Gasteiger partial charge in [0.1, 0.15) is 35.6 Å². The van der Waals surface area contributed by atoms with Gasteiger partial charge in [0.05, 0.1) is 39.5 Å². The van der Waals surface area contributed by atoms with Gasteiger partial charge < -0.3 is 29.8 Å². The highest BCUT2D eigenvalue weighted by molar-refractivity contribution is 5.95. The Balaban J connectivity index is 0.000000149. The number of aromatic carboxylic acids is 1. The number of carboxylic acids is 1. The van der Waals surface area contributed by atoms with Crippen molar-refractivity contribution in [2.24, 2.45) is 11.8 Å². The second kappa shape index (κ2) is 16.8. The molecule has 7 heterocycles. The second-order valence-electron chi connectivity index (χ2n) is 15.3. The lowest BCUT2D eigenvalue weighted by Gasteiger charge is -2.41. The number of H-pyrrole nitrogens is 2. The molecule has 4 aromatic heterocycles. The van der Waals surface area contributed by atoms with Gasteiger partial charge in [-0.2, -0.15) is 26.3 Å². The number of anilines is 2. The van der Waals surface area contributed by atoms with E-state index in [1.807, 2.05) is 23.4 Å². The number of nitrogens with zero attached hydrogens (tertiary/aromatic N) is 7. The van der Waals surface area contributed by atoms with Gasteiger partial charge in [-0.3, -0.25) is 4.79 Å². The molecule has 12 nitrogen and oxygen atoms in total. The number of carbonyl (C=O) groups excluding carboxylic acids is 1. The van der Waals surface area contributed by atoms with Crippen LogP contribution in [0.1, 0.15) is 71.4 Å². The molecule has 4 aliphatic rings. The smallest absolute Gasteiger partial charge is 0.416 e. The van der Waals surface area contributed by atoms with Gasteiger partial charge in [-0.15, -0.1) is 0 Å². The molecule has 0 spiro atoms. The van der Waals surface area contributed by atoms with Crippen LogP contribution in [0, 0.1) is 11.8 Å². The first kappa shape index (κ1) is 41.9. The number of rotatable bonds is 4. The van der Waals surface area contributed by atoms with E-state index in [9.17, 15) is 35.9 Å². The maximum absolute atomic E-state index is 13.0. The van der Waals surface area contributed by atoms with E-state index >= 15 is 0 Å². The number of hydrogen-bond donors (Lipinski definition) is 3. The van der Waals surface area contributed by atoms with Crippen LogP contribution in [0.25, 0.3) is 22.1 Å². The van der Waals surface area contributed by atoms with E-state index in [2.05, 4.69) is 45.8 Å². The summed E-state index contributed by atoms with van der Waals surface area (Å²) in [5.41, 5.74) is 0.253. The zero-order valence-electron chi connectivity index (χ0n) is 31.4. The average molecular weight is 836 g/mol. The molecule has 6 aromatic rings. The summed E-state index contributed by atoms with van der Waals surface area (Å²) in [4.78, 5) is 53.4. The number of aromatic nitrogens is 6. The zero-order valence-corrected chi connectivity index (χ0v) is 31.4. The minimum atomic E-state index is -4.42. The minimum absolute atomic E-state index is 0. The molecule has 0 radical (unpaired) electrons. The number of halogens is 6. The summed E-state index contributed by atoms with van der Waals surface area (Å²) >= 11 is 0. The van der Waals surface area contributed by atoms with Gasteiger partial charge in [-0.05, 0) is 105 Å². The SMILES string of the molecule is C.O=C(O)c1ccc(C(F)(F)F)cc1.O=C(c1ccc(C(F)(F)F)cc1)N1C2CCC1CN(c1ncnc3[nH]ccc13)C2.c1nc(N2CC3CCC(C3)C2)c2cc[nH]c2n1. The number of piperazine rings is 1. The first-order chi connectivity index (χ1) is 28.2. The van der Waals surface area contributed by atoms with Gasteiger partial charge in [0, 0.05) is 44.1 Å². The number of benzene rings is 2. The number of aromatic amines is 2. The molecule has 4 bridgehead atoms. The van der Waals surface area contributed by atoms with Crippen molar-refractivity contribution in [2.45, 2.75) is 64.0 Å². The Morgan fingerprint density at radius 2 is 1.03 bits per heavy atom. The number of piperidine rings is 1. The highest BCUT2D eigenvalue weighted by Crippen LogP contribution is 2.39. The van der Waals surface area contributed by atoms with Crippen LogP contribution in [-0.2, 0) is 12.4 Å². The van der Waals surface area contributed by atoms with Gasteiger partial charge in [-0.1, -0.05) is 7.43 Å². The predicted molar refractivity (Wildman–Crippen MR) is 213 cm³/mol. The van der Waals surface area contributed by atoms with Crippen LogP contribution in [-0.4, -0.2) is 90.0 Å². The fraction of sp³-hybridized carbons (Fsp3) is 0.381. The molecular formula is C42H43F6N9O3. The fourth-order valence-electron chi connectivity index (χ4n) is 8.76. The summed E-state index contributed by atoms with van der Waals surface area (Å²) in [7, 11) is 0. The van der Waals surface area contributed by atoms with Crippen LogP contribution in [0.5, 0.6) is 0 Å². The lowest BCUT2D eigenvalue weighted by molar-refractivity contribution is -0.138. The van der Waals surface area contributed by atoms with E-state index in [-0.39, 0.29) is 31.0 Å². The first-order valence-corrected chi connectivity index (χ1v) is 19.2. The highest BCUT2D eigenvalue weighted by Gasteiger charge is 2.44. The largest absolute Gasteiger partial charge is 0.478 e. The molecule has 1 amide bonds. The van der Waals surface area contributed by atoms with Crippen LogP contribution in [0.2, 0.25) is 0 Å². The van der Waals surface area contributed by atoms with Gasteiger partial charge in [0.2, 0.25) is 0 Å². The van der Waals surface area contributed by atoms with E-state index < -0.39 is 29.4 Å². The van der Waals surface area contributed by atoms with Crippen molar-refractivity contribution < 1.29 is 41.0 Å². The third-order valence-corrected chi connectivity index (χ3v) is 11.5. The van der Waals surface area contributed by atoms with Gasteiger partial charge in [0.15, 0.2) is 0 Å². The summed E-state index contributed by atoms with van der Waals surface area (Å²) in [5.74, 6) is 2.28. The normalized spacial score (nSPS) is 20.9. The highest BCUT2D eigenvalue weighted by atomic mass is 19.4. The van der Waals surface area contributed by atoms with Crippen molar-refractivity contribution in [3.05, 3.63) is 108 Å². The zero-order chi connectivity index (χ0) is 41.5. The minimum Gasteiger partial charge on any atom is -0.478 e. The molecule has 3 N–H and O–H groups in total. The van der Waals surface area contributed by atoms with Gasteiger partial charge in [-0.25, -0.2) is 24.7 Å². The monoisotopic (exact) mass is 835 g/mol. The van der Waals surface area contributed by atoms with Crippen molar-refractivity contribution in [3.8, 4) is 0 Å². The Morgan fingerprint density at radius 1 is 0.600 bits per heavy atom. The van der Waals surface area contributed by atoms with Crippen LogP contribution in [0.15, 0.2) is 85.7 Å². The number of amides is 1. The summed E-state index contributed by atoms with van der Waals surface area (Å²) in [6, 6.07) is 11.8. The Bertz CT molecular complexity index is 2410. The fourth-order valence-corrected chi connectivity index (χ4v) is 8.76. The molecule has 60 heavy (non-hydrogen) atoms. The second-order valence-corrected chi connectivity index (χ2v) is 15.3. The third kappa shape index (κ3) is 8.72. The summed E-state index contributed by atoms with van der Waals surface area (Å²) in [5, 5.41) is 10.5. The quantitative estimate of drug-likeness (QED) is 0.148. The molecule has 1 aliphatic carbocycles. The van der Waals surface area contributed by atoms with Crippen molar-refractivity contribution in [2.75, 3.05) is 36.0 Å². The Labute approximate surface area is 340 Å². The lowest BCUT2D eigenvalue weighted by Crippen LogP contribution is -2.56. The van der Waals surface area contributed by atoms with Crippen LogP contribution in [0.4, 0.5) is 38.0 Å². The number of hydrogen-bond acceptors (Lipinski definition) is 8. The summed E-state index contributed by atoms with van der Waals surface area (Å²) < 4.78 is 74.3. The molecule has 4 unspecified atom stereocenters. The van der Waals surface area contributed by atoms with Crippen molar-refractivity contribution in [3.63, 3.8) is 0 Å². The summed E-state index contributed by atoms with van der Waals surface area (Å²) in [6.45, 7) is 3.63. The van der Waals surface area contributed by atoms with Crippen molar-refractivity contribution in [1.82, 2.24) is 34.8 Å². The Hall–Kier alpha value is -6.20. The van der Waals surface area contributed by atoms with E-state index in [0.29, 0.717) is 18.7 Å². The molecule has 1 saturated carbocycles. The molecule has 3 saturated heterocycles. The Kier molecular flexibility index (Phi) is 11.8. The van der Waals surface area contributed by atoms with E-state index in [1.165, 1.54) is 50.8 Å². The maximum Gasteiger partial charge on any atom is 0.416 e. The number of fused-ring (bicyclic) bond motifs is 6. The topological polar surface area (TPSA) is 147 Å². The molecule has 2 aromatic carbocycles. The number of carboxylic acid groups (broad SMARTS) is 1. The lowest BCUT2D eigenvalue weighted by atomic mass is 9.99. The van der Waals surface area contributed by atoms with Crippen LogP contribution < -0.4 is 9.80 Å². The number of nitrogens with one attached hydrogen (secondary N) is 2. The number of carbonyl (C=O) groups is 2.